The van der Waals surface area contributed by atoms with E-state index < -0.39 is 0 Å². The van der Waals surface area contributed by atoms with Crippen LogP contribution in [-0.2, 0) is 9.53 Å². The molecule has 0 aromatic rings. The standard InChI is InChI=1S/C8H13ClO2/c1-3-6-11-8(10)5-4-7(2)9/h2-6H2,1H3. The van der Waals surface area contributed by atoms with E-state index in [1.165, 1.54) is 0 Å². The van der Waals surface area contributed by atoms with Gasteiger partial charge in [-0.25, -0.2) is 0 Å². The number of carbonyl (C=O) groups is 1. The van der Waals surface area contributed by atoms with Gasteiger partial charge in [0.05, 0.1) is 13.0 Å². The second-order valence-corrected chi connectivity index (χ2v) is 2.77. The van der Waals surface area contributed by atoms with Gasteiger partial charge < -0.3 is 4.74 Å². The zero-order valence-electron chi connectivity index (χ0n) is 6.73. The number of carbonyl (C=O) groups excluding carboxylic acids is 1. The molecule has 0 rings (SSSR count). The van der Waals surface area contributed by atoms with Gasteiger partial charge in [0.25, 0.3) is 0 Å². The molecule has 0 radical (unpaired) electrons. The predicted molar refractivity (Wildman–Crippen MR) is 45.5 cm³/mol. The lowest BCUT2D eigenvalue weighted by atomic mass is 10.3. The fourth-order valence-corrected chi connectivity index (χ4v) is 0.620. The maximum atomic E-state index is 10.8. The van der Waals surface area contributed by atoms with Gasteiger partial charge in [0.15, 0.2) is 0 Å². The predicted octanol–water partition coefficient (Wildman–Crippen LogP) is 2.47. The lowest BCUT2D eigenvalue weighted by molar-refractivity contribution is -0.143. The maximum absolute atomic E-state index is 10.8. The van der Waals surface area contributed by atoms with Gasteiger partial charge >= 0.3 is 5.97 Å². The van der Waals surface area contributed by atoms with Crippen LogP contribution in [0, 0.1) is 0 Å². The number of esters is 1. The van der Waals surface area contributed by atoms with Gasteiger partial charge in [-0.05, 0) is 12.8 Å². The highest BCUT2D eigenvalue weighted by molar-refractivity contribution is 6.29. The highest BCUT2D eigenvalue weighted by atomic mass is 35.5. The van der Waals surface area contributed by atoms with Crippen molar-refractivity contribution in [1.82, 2.24) is 0 Å². The Labute approximate surface area is 72.2 Å². The van der Waals surface area contributed by atoms with Crippen LogP contribution < -0.4 is 0 Å². The number of hydrogen-bond donors (Lipinski definition) is 0. The van der Waals surface area contributed by atoms with Crippen molar-refractivity contribution in [2.75, 3.05) is 6.61 Å². The Kier molecular flexibility index (Phi) is 5.94. The van der Waals surface area contributed by atoms with E-state index in [0.29, 0.717) is 24.5 Å². The first-order valence-corrected chi connectivity index (χ1v) is 4.03. The number of rotatable bonds is 5. The molecule has 0 saturated heterocycles. The van der Waals surface area contributed by atoms with Crippen LogP contribution in [0.5, 0.6) is 0 Å². The lowest BCUT2D eigenvalue weighted by Crippen LogP contribution is -2.04. The molecule has 0 spiro atoms. The smallest absolute Gasteiger partial charge is 0.306 e. The second kappa shape index (κ2) is 6.23. The molecule has 0 aliphatic carbocycles. The molecule has 0 atom stereocenters. The van der Waals surface area contributed by atoms with E-state index in [4.69, 9.17) is 16.3 Å². The Balaban J connectivity index is 3.30. The molecule has 64 valence electrons. The van der Waals surface area contributed by atoms with Crippen LogP contribution in [0.25, 0.3) is 0 Å². The van der Waals surface area contributed by atoms with Gasteiger partial charge in [0, 0.05) is 5.03 Å². The summed E-state index contributed by atoms with van der Waals surface area (Å²) in [5, 5.41) is 0.499. The van der Waals surface area contributed by atoms with Gasteiger partial charge in [-0.15, -0.1) is 0 Å². The first kappa shape index (κ1) is 10.5. The molecule has 0 heterocycles. The van der Waals surface area contributed by atoms with Crippen molar-refractivity contribution in [2.24, 2.45) is 0 Å². The Hall–Kier alpha value is -0.500. The fraction of sp³-hybridized carbons (Fsp3) is 0.625. The molecule has 0 unspecified atom stereocenters. The molecule has 0 bridgehead atoms. The molecule has 11 heavy (non-hydrogen) atoms. The largest absolute Gasteiger partial charge is 0.466 e. The average molecular weight is 177 g/mol. The first-order chi connectivity index (χ1) is 5.16. The van der Waals surface area contributed by atoms with E-state index in [2.05, 4.69) is 6.58 Å². The van der Waals surface area contributed by atoms with Crippen molar-refractivity contribution in [2.45, 2.75) is 26.2 Å². The molecule has 0 aliphatic rings. The molecule has 0 aromatic heterocycles. The maximum Gasteiger partial charge on any atom is 0.306 e. The molecule has 0 saturated carbocycles. The van der Waals surface area contributed by atoms with E-state index in [1.54, 1.807) is 0 Å². The van der Waals surface area contributed by atoms with Crippen LogP contribution in [0.3, 0.4) is 0 Å². The summed E-state index contributed by atoms with van der Waals surface area (Å²) in [5.74, 6) is -0.200. The van der Waals surface area contributed by atoms with Crippen LogP contribution in [0.4, 0.5) is 0 Å². The number of halogens is 1. The van der Waals surface area contributed by atoms with Gasteiger partial charge in [-0.1, -0.05) is 25.1 Å². The fourth-order valence-electron chi connectivity index (χ4n) is 0.526. The van der Waals surface area contributed by atoms with Gasteiger partial charge in [0.2, 0.25) is 0 Å². The van der Waals surface area contributed by atoms with E-state index in [1.807, 2.05) is 6.92 Å². The number of ether oxygens (including phenoxy) is 1. The molecule has 0 aliphatic heterocycles. The number of allylic oxidation sites excluding steroid dienone is 1. The third-order valence-corrected chi connectivity index (χ3v) is 1.26. The zero-order valence-corrected chi connectivity index (χ0v) is 7.49. The summed E-state index contributed by atoms with van der Waals surface area (Å²) < 4.78 is 4.80. The molecule has 0 amide bonds. The Morgan fingerprint density at radius 3 is 2.64 bits per heavy atom. The third kappa shape index (κ3) is 7.40. The van der Waals surface area contributed by atoms with Crippen molar-refractivity contribution in [3.63, 3.8) is 0 Å². The summed E-state index contributed by atoms with van der Waals surface area (Å²) in [6.07, 6.45) is 1.69. The van der Waals surface area contributed by atoms with Crippen LogP contribution in [0.15, 0.2) is 11.6 Å². The van der Waals surface area contributed by atoms with E-state index >= 15 is 0 Å². The molecular weight excluding hydrogens is 164 g/mol. The summed E-state index contributed by atoms with van der Waals surface area (Å²) in [6, 6.07) is 0. The third-order valence-electron chi connectivity index (χ3n) is 1.07. The Morgan fingerprint density at radius 2 is 2.18 bits per heavy atom. The molecule has 0 fully saturated rings. The van der Waals surface area contributed by atoms with Crippen LogP contribution in [0.1, 0.15) is 26.2 Å². The van der Waals surface area contributed by atoms with Gasteiger partial charge in [0.1, 0.15) is 0 Å². The summed E-state index contributed by atoms with van der Waals surface area (Å²) in [6.45, 7) is 5.91. The van der Waals surface area contributed by atoms with Crippen molar-refractivity contribution >= 4 is 17.6 Å². The number of hydrogen-bond acceptors (Lipinski definition) is 2. The monoisotopic (exact) mass is 176 g/mol. The summed E-state index contributed by atoms with van der Waals surface area (Å²) in [7, 11) is 0. The van der Waals surface area contributed by atoms with Crippen molar-refractivity contribution < 1.29 is 9.53 Å². The highest BCUT2D eigenvalue weighted by Crippen LogP contribution is 2.06. The topological polar surface area (TPSA) is 26.3 Å². The minimum Gasteiger partial charge on any atom is -0.466 e. The normalized spacial score (nSPS) is 9.27. The van der Waals surface area contributed by atoms with Crippen LogP contribution >= 0.6 is 11.6 Å². The second-order valence-electron chi connectivity index (χ2n) is 2.24. The van der Waals surface area contributed by atoms with Crippen molar-refractivity contribution in [3.05, 3.63) is 11.6 Å². The SMILES string of the molecule is C=C(Cl)CCC(=O)OCCC. The molecular formula is C8H13ClO2. The Morgan fingerprint density at radius 1 is 1.55 bits per heavy atom. The van der Waals surface area contributed by atoms with Crippen LogP contribution in [-0.4, -0.2) is 12.6 Å². The molecule has 3 heteroatoms. The van der Waals surface area contributed by atoms with Gasteiger partial charge in [-0.2, -0.15) is 0 Å². The average Bonchev–Trinajstić information content (AvgIpc) is 1.97. The van der Waals surface area contributed by atoms with Crippen molar-refractivity contribution in [3.8, 4) is 0 Å². The van der Waals surface area contributed by atoms with E-state index in [-0.39, 0.29) is 5.97 Å². The van der Waals surface area contributed by atoms with Gasteiger partial charge in [-0.3, -0.25) is 4.79 Å². The molecule has 0 N–H and O–H groups in total. The highest BCUT2D eigenvalue weighted by Gasteiger charge is 2.01. The van der Waals surface area contributed by atoms with Crippen molar-refractivity contribution in [1.29, 1.82) is 0 Å². The quantitative estimate of drug-likeness (QED) is 0.602. The lowest BCUT2D eigenvalue weighted by Gasteiger charge is -2.00. The minimum absolute atomic E-state index is 0.200. The van der Waals surface area contributed by atoms with E-state index in [9.17, 15) is 4.79 Å². The summed E-state index contributed by atoms with van der Waals surface area (Å²) >= 11 is 5.45. The van der Waals surface area contributed by atoms with Crippen LogP contribution in [0.2, 0.25) is 0 Å². The molecule has 0 aromatic carbocycles. The summed E-state index contributed by atoms with van der Waals surface area (Å²) in [5.41, 5.74) is 0. The summed E-state index contributed by atoms with van der Waals surface area (Å²) in [4.78, 5) is 10.8. The Bertz CT molecular complexity index is 143. The van der Waals surface area contributed by atoms with E-state index in [0.717, 1.165) is 6.42 Å². The first-order valence-electron chi connectivity index (χ1n) is 3.65. The zero-order chi connectivity index (χ0) is 8.69. The molecule has 2 nitrogen and oxygen atoms in total. The minimum atomic E-state index is -0.200.